The average Bonchev–Trinajstić information content (AvgIpc) is 2.49. The molecule has 0 fully saturated rings. The zero-order valence-corrected chi connectivity index (χ0v) is 17.8. The summed E-state index contributed by atoms with van der Waals surface area (Å²) in [5.41, 5.74) is 2.83. The Morgan fingerprint density at radius 2 is 1.58 bits per heavy atom. The summed E-state index contributed by atoms with van der Waals surface area (Å²) in [7, 11) is 0. The lowest BCUT2D eigenvalue weighted by Crippen LogP contribution is -2.41. The van der Waals surface area contributed by atoms with Gasteiger partial charge in [0, 0.05) is 11.6 Å². The van der Waals surface area contributed by atoms with Gasteiger partial charge in [0.1, 0.15) is 6.54 Å². The van der Waals surface area contributed by atoms with Gasteiger partial charge >= 0.3 is 5.97 Å². The molecule has 0 radical (unpaired) electrons. The average molecular weight is 362 g/mol. The Morgan fingerprint density at radius 1 is 1.00 bits per heavy atom. The molecule has 0 unspecified atom stereocenters. The Bertz CT molecular complexity index is 639. The van der Waals surface area contributed by atoms with Gasteiger partial charge in [-0.3, -0.25) is 9.59 Å². The van der Waals surface area contributed by atoms with Crippen LogP contribution in [0.3, 0.4) is 0 Å². The molecule has 0 heterocycles. The van der Waals surface area contributed by atoms with Gasteiger partial charge in [-0.15, -0.1) is 0 Å². The monoisotopic (exact) mass is 361 g/mol. The largest absolute Gasteiger partial charge is 0.462 e. The number of hydrogen-bond acceptors (Lipinski definition) is 3. The number of carbonyl (C=O) groups is 2. The van der Waals surface area contributed by atoms with Crippen LogP contribution in [0.15, 0.2) is 18.2 Å². The Kier molecular flexibility index (Phi) is 7.43. The number of benzene rings is 1. The minimum atomic E-state index is -0.377. The van der Waals surface area contributed by atoms with E-state index in [0.717, 1.165) is 11.1 Å². The van der Waals surface area contributed by atoms with Crippen molar-refractivity contribution >= 4 is 11.9 Å². The molecule has 0 saturated carbocycles. The van der Waals surface area contributed by atoms with E-state index in [2.05, 4.69) is 40.7 Å². The molecule has 0 aliphatic carbocycles. The topological polar surface area (TPSA) is 46.6 Å². The summed E-state index contributed by atoms with van der Waals surface area (Å²) in [5.74, 6) is -0.186. The molecule has 0 aliphatic heterocycles. The first kappa shape index (κ1) is 22.2. The number of esters is 1. The van der Waals surface area contributed by atoms with E-state index in [0.29, 0.717) is 11.5 Å². The zero-order chi connectivity index (χ0) is 20.2. The molecule has 1 aromatic rings. The van der Waals surface area contributed by atoms with Crippen molar-refractivity contribution in [1.29, 1.82) is 0 Å². The van der Waals surface area contributed by atoms with Crippen LogP contribution in [-0.2, 0) is 14.9 Å². The van der Waals surface area contributed by atoms with Gasteiger partial charge in [0.25, 0.3) is 5.91 Å². The normalized spacial score (nSPS) is 12.0. The number of carbonyl (C=O) groups excluding carboxylic acids is 2. The van der Waals surface area contributed by atoms with Gasteiger partial charge in [0.2, 0.25) is 0 Å². The molecule has 4 heteroatoms. The third-order valence-corrected chi connectivity index (χ3v) is 4.29. The Hall–Kier alpha value is -1.84. The summed E-state index contributed by atoms with van der Waals surface area (Å²) in [6.07, 6.45) is -0.191. The highest BCUT2D eigenvalue weighted by molar-refractivity contribution is 5.96. The lowest BCUT2D eigenvalue weighted by atomic mass is 9.83. The molecule has 146 valence electrons. The van der Waals surface area contributed by atoms with Gasteiger partial charge < -0.3 is 9.64 Å². The van der Waals surface area contributed by atoms with Crippen LogP contribution in [0.1, 0.15) is 89.7 Å². The Morgan fingerprint density at radius 3 is 2.00 bits per heavy atom. The van der Waals surface area contributed by atoms with E-state index < -0.39 is 0 Å². The first-order valence-corrected chi connectivity index (χ1v) is 9.48. The van der Waals surface area contributed by atoms with Crippen LogP contribution >= 0.6 is 0 Å². The van der Waals surface area contributed by atoms with Gasteiger partial charge in [0.05, 0.1) is 6.10 Å². The summed E-state index contributed by atoms with van der Waals surface area (Å²) in [5, 5.41) is 0. The second-order valence-corrected chi connectivity index (χ2v) is 8.81. The fourth-order valence-electron chi connectivity index (χ4n) is 2.64. The summed E-state index contributed by atoms with van der Waals surface area (Å²) in [6.45, 7) is 18.1. The highest BCUT2D eigenvalue weighted by Gasteiger charge is 2.25. The molecule has 1 amide bonds. The van der Waals surface area contributed by atoms with Crippen molar-refractivity contribution in [2.75, 3.05) is 6.54 Å². The van der Waals surface area contributed by atoms with Gasteiger partial charge in [0.15, 0.2) is 0 Å². The van der Waals surface area contributed by atoms with E-state index in [9.17, 15) is 9.59 Å². The molecule has 0 bridgehead atoms. The smallest absolute Gasteiger partial charge is 0.325 e. The van der Waals surface area contributed by atoms with Crippen LogP contribution in [-0.4, -0.2) is 35.5 Å². The number of hydrogen-bond donors (Lipinski definition) is 0. The van der Waals surface area contributed by atoms with E-state index >= 15 is 0 Å². The summed E-state index contributed by atoms with van der Waals surface area (Å²) in [6, 6.07) is 5.99. The lowest BCUT2D eigenvalue weighted by molar-refractivity contribution is -0.148. The lowest BCUT2D eigenvalue weighted by Gasteiger charge is -2.28. The fourth-order valence-corrected chi connectivity index (χ4v) is 2.64. The van der Waals surface area contributed by atoms with E-state index in [1.165, 1.54) is 0 Å². The Labute approximate surface area is 158 Å². The number of nitrogens with zero attached hydrogens (tertiary/aromatic N) is 1. The number of rotatable bonds is 6. The predicted molar refractivity (Wildman–Crippen MR) is 107 cm³/mol. The van der Waals surface area contributed by atoms with Crippen molar-refractivity contribution in [3.05, 3.63) is 34.9 Å². The molecule has 0 N–H and O–H groups in total. The van der Waals surface area contributed by atoms with Crippen molar-refractivity contribution in [3.63, 3.8) is 0 Å². The third kappa shape index (κ3) is 6.15. The second-order valence-electron chi connectivity index (χ2n) is 8.81. The molecule has 1 rings (SSSR count). The number of amides is 1. The zero-order valence-electron chi connectivity index (χ0n) is 17.8. The van der Waals surface area contributed by atoms with Crippen molar-refractivity contribution in [2.24, 2.45) is 0 Å². The molecular formula is C22H35NO3. The summed E-state index contributed by atoms with van der Waals surface area (Å²) >= 11 is 0. The van der Waals surface area contributed by atoms with Gasteiger partial charge in [-0.1, -0.05) is 40.7 Å². The van der Waals surface area contributed by atoms with Crippen LogP contribution in [0, 0.1) is 0 Å². The highest BCUT2D eigenvalue weighted by atomic mass is 16.5. The van der Waals surface area contributed by atoms with Crippen molar-refractivity contribution in [3.8, 4) is 0 Å². The number of ether oxygens (including phenoxy) is 1. The molecule has 1 aromatic carbocycles. The maximum Gasteiger partial charge on any atom is 0.325 e. The first-order chi connectivity index (χ1) is 11.8. The second kappa shape index (κ2) is 8.70. The minimum absolute atomic E-state index is 0.0363. The van der Waals surface area contributed by atoms with Crippen LogP contribution in [0.5, 0.6) is 0 Å². The van der Waals surface area contributed by atoms with Crippen LogP contribution < -0.4 is 0 Å². The summed E-state index contributed by atoms with van der Waals surface area (Å²) in [4.78, 5) is 26.8. The molecular weight excluding hydrogens is 326 g/mol. The third-order valence-electron chi connectivity index (χ3n) is 4.29. The molecule has 0 spiro atoms. The molecule has 0 aromatic heterocycles. The van der Waals surface area contributed by atoms with Gasteiger partial charge in [-0.2, -0.15) is 0 Å². The molecule has 26 heavy (non-hydrogen) atoms. The first-order valence-electron chi connectivity index (χ1n) is 9.48. The van der Waals surface area contributed by atoms with Crippen molar-refractivity contribution < 1.29 is 14.3 Å². The standard InChI is InChI=1S/C22H35NO3/c1-14(2)17-10-18(12-19(11-17)22(7,8)9)21(25)23(15(3)4)13-20(24)26-16(5)6/h10-12,14-16H,13H2,1-9H3. The highest BCUT2D eigenvalue weighted by Crippen LogP contribution is 2.28. The maximum atomic E-state index is 13.2. The van der Waals surface area contributed by atoms with E-state index in [-0.39, 0.29) is 36.0 Å². The minimum Gasteiger partial charge on any atom is -0.462 e. The summed E-state index contributed by atoms with van der Waals surface area (Å²) < 4.78 is 5.22. The van der Waals surface area contributed by atoms with Crippen LogP contribution in [0.4, 0.5) is 0 Å². The quantitative estimate of drug-likeness (QED) is 0.676. The fraction of sp³-hybridized carbons (Fsp3) is 0.636. The van der Waals surface area contributed by atoms with E-state index in [1.54, 1.807) is 18.7 Å². The maximum absolute atomic E-state index is 13.2. The molecule has 0 saturated heterocycles. The van der Waals surface area contributed by atoms with Crippen molar-refractivity contribution in [1.82, 2.24) is 4.90 Å². The molecule has 4 nitrogen and oxygen atoms in total. The van der Waals surface area contributed by atoms with Gasteiger partial charge in [-0.05, 0) is 62.3 Å². The molecule has 0 atom stereocenters. The Balaban J connectivity index is 3.26. The van der Waals surface area contributed by atoms with Crippen molar-refractivity contribution in [2.45, 2.75) is 85.8 Å². The SMILES string of the molecule is CC(C)OC(=O)CN(C(=O)c1cc(C(C)C)cc(C(C)(C)C)c1)C(C)C. The molecule has 0 aliphatic rings. The van der Waals surface area contributed by atoms with Crippen LogP contribution in [0.25, 0.3) is 0 Å². The van der Waals surface area contributed by atoms with E-state index in [4.69, 9.17) is 4.74 Å². The van der Waals surface area contributed by atoms with Gasteiger partial charge in [-0.25, -0.2) is 0 Å². The predicted octanol–water partition coefficient (Wildman–Crippen LogP) is 4.91. The van der Waals surface area contributed by atoms with E-state index in [1.807, 2.05) is 26.0 Å². The van der Waals surface area contributed by atoms with Crippen LogP contribution in [0.2, 0.25) is 0 Å².